The number of carbonyl (C=O) groups is 3. The third-order valence-corrected chi connectivity index (χ3v) is 4.07. The van der Waals surface area contributed by atoms with E-state index in [-0.39, 0.29) is 29.4 Å². The van der Waals surface area contributed by atoms with Crippen molar-refractivity contribution in [2.75, 3.05) is 32.9 Å². The molecule has 1 aromatic rings. The Balaban J connectivity index is 1.99. The number of amides is 3. The molecule has 7 heteroatoms. The van der Waals surface area contributed by atoms with E-state index in [1.807, 2.05) is 19.0 Å². The van der Waals surface area contributed by atoms with Gasteiger partial charge >= 0.3 is 0 Å². The lowest BCUT2D eigenvalue weighted by molar-refractivity contribution is -0.125. The Bertz CT molecular complexity index is 573. The molecule has 0 atom stereocenters. The van der Waals surface area contributed by atoms with Crippen LogP contribution in [0.5, 0.6) is 0 Å². The number of nitrogens with one attached hydrogen (secondary N) is 1. The summed E-state index contributed by atoms with van der Waals surface area (Å²) in [4.78, 5) is 38.5. The highest BCUT2D eigenvalue weighted by Crippen LogP contribution is 2.21. The molecule has 22 heavy (non-hydrogen) atoms. The Labute approximate surface area is 133 Å². The molecule has 0 aromatic heterocycles. The van der Waals surface area contributed by atoms with Crippen LogP contribution in [0.4, 0.5) is 4.79 Å². The summed E-state index contributed by atoms with van der Waals surface area (Å²) >= 11 is 1.01. The zero-order chi connectivity index (χ0) is 16.1. The van der Waals surface area contributed by atoms with Crippen molar-refractivity contribution >= 4 is 28.8 Å². The first-order valence-corrected chi connectivity index (χ1v) is 7.95. The Morgan fingerprint density at radius 3 is 2.77 bits per heavy atom. The van der Waals surface area contributed by atoms with Crippen molar-refractivity contribution in [2.24, 2.45) is 0 Å². The van der Waals surface area contributed by atoms with Crippen molar-refractivity contribution in [1.29, 1.82) is 0 Å². The first kappa shape index (κ1) is 16.5. The molecule has 118 valence electrons. The fourth-order valence-corrected chi connectivity index (χ4v) is 2.75. The first-order valence-electron chi connectivity index (χ1n) is 6.96. The molecule has 1 aliphatic heterocycles. The molecule has 0 unspecified atom stereocenters. The standard InChI is InChI=1S/C15H19N3O3S/c1-17(2)7-6-16-14(20)12-5-3-4-11(8-12)9-18-13(19)10-22-15(18)21/h3-5,8H,6-7,9-10H2,1-2H3,(H,16,20). The molecule has 1 aliphatic rings. The second-order valence-electron chi connectivity index (χ2n) is 5.29. The summed E-state index contributed by atoms with van der Waals surface area (Å²) in [6.45, 7) is 1.54. The van der Waals surface area contributed by atoms with Crippen LogP contribution < -0.4 is 5.32 Å². The highest BCUT2D eigenvalue weighted by atomic mass is 32.2. The summed E-state index contributed by atoms with van der Waals surface area (Å²) in [6.07, 6.45) is 0. The first-order chi connectivity index (χ1) is 10.5. The summed E-state index contributed by atoms with van der Waals surface area (Å²) in [7, 11) is 3.88. The Morgan fingerprint density at radius 1 is 1.36 bits per heavy atom. The van der Waals surface area contributed by atoms with E-state index in [0.29, 0.717) is 12.1 Å². The third-order valence-electron chi connectivity index (χ3n) is 3.21. The number of hydrogen-bond donors (Lipinski definition) is 1. The van der Waals surface area contributed by atoms with Crippen LogP contribution in [-0.2, 0) is 11.3 Å². The molecule has 1 N–H and O–H groups in total. The number of imide groups is 1. The van der Waals surface area contributed by atoms with Crippen molar-refractivity contribution in [3.05, 3.63) is 35.4 Å². The molecule has 0 radical (unpaired) electrons. The van der Waals surface area contributed by atoms with Gasteiger partial charge in [-0.05, 0) is 31.8 Å². The van der Waals surface area contributed by atoms with Crippen LogP contribution in [0.1, 0.15) is 15.9 Å². The van der Waals surface area contributed by atoms with E-state index >= 15 is 0 Å². The highest BCUT2D eigenvalue weighted by molar-refractivity contribution is 8.14. The minimum Gasteiger partial charge on any atom is -0.351 e. The van der Waals surface area contributed by atoms with E-state index < -0.39 is 0 Å². The van der Waals surface area contributed by atoms with Crippen LogP contribution in [0, 0.1) is 0 Å². The van der Waals surface area contributed by atoms with Gasteiger partial charge < -0.3 is 10.2 Å². The van der Waals surface area contributed by atoms with Gasteiger partial charge in [-0.15, -0.1) is 0 Å². The molecule has 0 spiro atoms. The van der Waals surface area contributed by atoms with E-state index in [4.69, 9.17) is 0 Å². The molecule has 0 aliphatic carbocycles. The lowest BCUT2D eigenvalue weighted by atomic mass is 10.1. The second-order valence-corrected chi connectivity index (χ2v) is 6.22. The van der Waals surface area contributed by atoms with Gasteiger partial charge in [0.15, 0.2) is 0 Å². The van der Waals surface area contributed by atoms with Gasteiger partial charge in [-0.2, -0.15) is 0 Å². The molecule has 1 heterocycles. The van der Waals surface area contributed by atoms with Gasteiger partial charge in [0.05, 0.1) is 12.3 Å². The van der Waals surface area contributed by atoms with Crippen molar-refractivity contribution in [3.8, 4) is 0 Å². The number of nitrogens with zero attached hydrogens (tertiary/aromatic N) is 2. The number of rotatable bonds is 6. The Hall–Kier alpha value is -1.86. The van der Waals surface area contributed by atoms with Crippen molar-refractivity contribution < 1.29 is 14.4 Å². The van der Waals surface area contributed by atoms with Gasteiger partial charge in [-0.3, -0.25) is 19.3 Å². The zero-order valence-electron chi connectivity index (χ0n) is 12.7. The van der Waals surface area contributed by atoms with E-state index in [9.17, 15) is 14.4 Å². The van der Waals surface area contributed by atoms with Crippen LogP contribution in [0.3, 0.4) is 0 Å². The SMILES string of the molecule is CN(C)CCNC(=O)c1cccc(CN2C(=O)CSC2=O)c1. The van der Waals surface area contributed by atoms with Crippen LogP contribution in [0.2, 0.25) is 0 Å². The van der Waals surface area contributed by atoms with Crippen LogP contribution >= 0.6 is 11.8 Å². The van der Waals surface area contributed by atoms with E-state index in [1.54, 1.807) is 24.3 Å². The number of thioether (sulfide) groups is 1. The third kappa shape index (κ3) is 4.32. The number of hydrogen-bond acceptors (Lipinski definition) is 5. The summed E-state index contributed by atoms with van der Waals surface area (Å²) in [5.41, 5.74) is 1.30. The van der Waals surface area contributed by atoms with E-state index in [1.165, 1.54) is 4.90 Å². The smallest absolute Gasteiger partial charge is 0.289 e. The molecular weight excluding hydrogens is 302 g/mol. The normalized spacial score (nSPS) is 14.8. The average molecular weight is 321 g/mol. The average Bonchev–Trinajstić information content (AvgIpc) is 2.79. The summed E-state index contributed by atoms with van der Waals surface area (Å²) in [5.74, 6) is -0.142. The fourth-order valence-electron chi connectivity index (χ4n) is 2.02. The molecule has 3 amide bonds. The lowest BCUT2D eigenvalue weighted by Crippen LogP contribution is -2.31. The maximum Gasteiger partial charge on any atom is 0.289 e. The molecule has 0 bridgehead atoms. The molecule has 0 saturated carbocycles. The van der Waals surface area contributed by atoms with Gasteiger partial charge in [0.2, 0.25) is 5.91 Å². The highest BCUT2D eigenvalue weighted by Gasteiger charge is 2.29. The van der Waals surface area contributed by atoms with Gasteiger partial charge in [-0.1, -0.05) is 23.9 Å². The van der Waals surface area contributed by atoms with Crippen LogP contribution in [0.15, 0.2) is 24.3 Å². The fraction of sp³-hybridized carbons (Fsp3) is 0.400. The van der Waals surface area contributed by atoms with Gasteiger partial charge in [0, 0.05) is 18.7 Å². The van der Waals surface area contributed by atoms with Gasteiger partial charge in [-0.25, -0.2) is 0 Å². The second kappa shape index (κ2) is 7.42. The van der Waals surface area contributed by atoms with E-state index in [2.05, 4.69) is 5.32 Å². The van der Waals surface area contributed by atoms with Gasteiger partial charge in [0.1, 0.15) is 0 Å². The van der Waals surface area contributed by atoms with E-state index in [0.717, 1.165) is 23.9 Å². The number of carbonyl (C=O) groups excluding carboxylic acids is 3. The lowest BCUT2D eigenvalue weighted by Gasteiger charge is -2.14. The predicted octanol–water partition coefficient (Wildman–Crippen LogP) is 1.17. The van der Waals surface area contributed by atoms with Crippen LogP contribution in [0.25, 0.3) is 0 Å². The van der Waals surface area contributed by atoms with Crippen molar-refractivity contribution in [1.82, 2.24) is 15.1 Å². The Kier molecular flexibility index (Phi) is 5.57. The number of benzene rings is 1. The minimum absolute atomic E-state index is 0.155. The summed E-state index contributed by atoms with van der Waals surface area (Å²) in [6, 6.07) is 7.00. The minimum atomic E-state index is -0.231. The molecule has 1 aromatic carbocycles. The monoisotopic (exact) mass is 321 g/mol. The molecule has 2 rings (SSSR count). The van der Waals surface area contributed by atoms with Crippen molar-refractivity contribution in [2.45, 2.75) is 6.54 Å². The summed E-state index contributed by atoms with van der Waals surface area (Å²) in [5, 5.41) is 2.61. The molecule has 1 fully saturated rings. The Morgan fingerprint density at radius 2 is 2.14 bits per heavy atom. The predicted molar refractivity (Wildman–Crippen MR) is 85.7 cm³/mol. The molecular formula is C15H19N3O3S. The largest absolute Gasteiger partial charge is 0.351 e. The molecule has 1 saturated heterocycles. The van der Waals surface area contributed by atoms with Gasteiger partial charge in [0.25, 0.3) is 11.1 Å². The molecule has 6 nitrogen and oxygen atoms in total. The zero-order valence-corrected chi connectivity index (χ0v) is 13.5. The number of likely N-dealkylation sites (N-methyl/N-ethyl adjacent to an activating group) is 1. The quantitative estimate of drug-likeness (QED) is 0.852. The topological polar surface area (TPSA) is 69.7 Å². The van der Waals surface area contributed by atoms with Crippen LogP contribution in [-0.4, -0.2) is 59.8 Å². The summed E-state index contributed by atoms with van der Waals surface area (Å²) < 4.78 is 0. The maximum atomic E-state index is 12.1. The maximum absolute atomic E-state index is 12.1. The van der Waals surface area contributed by atoms with Crippen molar-refractivity contribution in [3.63, 3.8) is 0 Å².